The number of benzene rings is 3. The van der Waals surface area contributed by atoms with Crippen molar-refractivity contribution in [3.05, 3.63) is 245 Å². The van der Waals surface area contributed by atoms with Gasteiger partial charge >= 0.3 is 18.3 Å². The zero-order valence-electron chi connectivity index (χ0n) is 55.2. The molecule has 4 N–H and O–H groups in total. The van der Waals surface area contributed by atoms with Crippen molar-refractivity contribution in [2.75, 3.05) is 34.4 Å². The van der Waals surface area contributed by atoms with Gasteiger partial charge in [-0.05, 0) is 150 Å². The minimum atomic E-state index is -0.837. The van der Waals surface area contributed by atoms with Crippen molar-refractivity contribution < 1.29 is 47.5 Å². The summed E-state index contributed by atoms with van der Waals surface area (Å²) in [5, 5.41) is 21.0. The van der Waals surface area contributed by atoms with Gasteiger partial charge in [-0.15, -0.1) is 0 Å². The van der Waals surface area contributed by atoms with E-state index in [0.717, 1.165) is 0 Å². The van der Waals surface area contributed by atoms with E-state index < -0.39 is 29.0 Å². The number of hydrogen-bond donors (Lipinski definition) is 4. The molecular formula is C69H57ClFN23O10. The standard InChI is InChI=1S/C21H21N7O2.C16H12ClN5O2.C16H12FN5O2.C16H12N6O4/c1-14-24-18(16-6-2-4-10-22-16)26-21(25-14)27-19(29)15-8-12-28(13-9-15)20(30)17-7-3-5-11-23-17;1-10-19-14(12-7-4-5-9-18-12)21-15(20-10)22-16(23)24-13-8-3-2-6-11(13)17;1-10-19-14(13-4-2-3-9-18-13)21-15(20-10)22-16(23)24-12-7-5-11(17)6-8-12;1-10-18-14(13-4-2-3-9-17-13)20-15(19-10)21-16(23)26-12-7-5-11(6-8-12)22(24)25/h2-7,10-11,15H,8-9,12-13H2,1H3,(H,24,25,26,27,29);2*2-9H,1H3,(H,19,20,21,22,23);2-9H,1H3,(H,18,19,20,21,23). The Hall–Kier alpha value is -14.2. The van der Waals surface area contributed by atoms with Gasteiger partial charge in [0.15, 0.2) is 29.0 Å². The molecule has 0 radical (unpaired) electrons. The molecule has 0 saturated carbocycles. The van der Waals surface area contributed by atoms with Crippen molar-refractivity contribution in [2.24, 2.45) is 5.92 Å². The van der Waals surface area contributed by atoms with Crippen molar-refractivity contribution >= 4 is 71.2 Å². The van der Waals surface area contributed by atoms with E-state index in [1.165, 1.54) is 48.5 Å². The van der Waals surface area contributed by atoms with E-state index in [-0.39, 0.29) is 64.5 Å². The maximum Gasteiger partial charge on any atom is 0.419 e. The summed E-state index contributed by atoms with van der Waals surface area (Å²) in [6.45, 7) is 7.77. The molecule has 5 amide bonds. The Kier molecular flexibility index (Phi) is 24.8. The molecule has 0 spiro atoms. The summed E-state index contributed by atoms with van der Waals surface area (Å²) in [6.07, 6.45) is 6.87. The molecule has 10 heterocycles. The van der Waals surface area contributed by atoms with Crippen LogP contribution in [0.2, 0.25) is 5.02 Å². The molecular weight excluding hydrogens is 1370 g/mol. The van der Waals surface area contributed by atoms with Crippen molar-refractivity contribution in [3.8, 4) is 63.3 Å². The molecule has 0 aliphatic carbocycles. The third-order valence-electron chi connectivity index (χ3n) is 13.8. The van der Waals surface area contributed by atoms with Crippen LogP contribution in [0.1, 0.15) is 46.6 Å². The number of nitro groups is 1. The maximum absolute atomic E-state index is 12.8. The minimum absolute atomic E-state index is 0.00469. The number of aryl methyl sites for hydroxylation is 4. The number of non-ortho nitro benzene ring substituents is 1. The van der Waals surface area contributed by atoms with E-state index in [4.69, 9.17) is 25.8 Å². The average Bonchev–Trinajstić information content (AvgIpc) is 0.849. The van der Waals surface area contributed by atoms with Gasteiger partial charge in [0.1, 0.15) is 69.1 Å². The van der Waals surface area contributed by atoms with Gasteiger partial charge in [0, 0.05) is 62.1 Å². The van der Waals surface area contributed by atoms with Crippen LogP contribution in [0.4, 0.5) is 48.3 Å². The molecule has 35 heteroatoms. The number of likely N-dealkylation sites (tertiary alicyclic amines) is 1. The van der Waals surface area contributed by atoms with Crippen molar-refractivity contribution in [2.45, 2.75) is 40.5 Å². The summed E-state index contributed by atoms with van der Waals surface area (Å²) < 4.78 is 28.0. The molecule has 1 saturated heterocycles. The SMILES string of the molecule is Cc1nc(NC(=O)C2CCN(C(=O)c3ccccn3)CC2)nc(-c2ccccn2)n1.Cc1nc(NC(=O)Oc2ccc(F)cc2)nc(-c2ccccn2)n1.Cc1nc(NC(=O)Oc2ccc([N+](=O)[O-])cc2)nc(-c2ccccn2)n1.Cc1nc(NC(=O)Oc2ccccc2Cl)nc(-c2ccccn2)n1. The first-order chi connectivity index (χ1) is 50.3. The minimum Gasteiger partial charge on any atom is -0.410 e. The number of nitrogens with one attached hydrogen (secondary N) is 4. The number of aromatic nitrogens is 17. The van der Waals surface area contributed by atoms with Crippen LogP contribution < -0.4 is 35.5 Å². The number of hydrogen-bond acceptors (Lipinski definition) is 27. The van der Waals surface area contributed by atoms with Gasteiger partial charge in [0.25, 0.3) is 11.6 Å². The number of pyridine rings is 5. The number of carbonyl (C=O) groups is 5. The summed E-state index contributed by atoms with van der Waals surface area (Å²) in [7, 11) is 0. The predicted molar refractivity (Wildman–Crippen MR) is 373 cm³/mol. The van der Waals surface area contributed by atoms with E-state index >= 15 is 0 Å². The summed E-state index contributed by atoms with van der Waals surface area (Å²) in [5.74, 6) is 3.17. The molecule has 12 aromatic rings. The van der Waals surface area contributed by atoms with Crippen LogP contribution in [0.15, 0.2) is 195 Å². The first-order valence-corrected chi connectivity index (χ1v) is 31.5. The quantitative estimate of drug-likeness (QED) is 0.0580. The van der Waals surface area contributed by atoms with E-state index in [0.29, 0.717) is 106 Å². The lowest BCUT2D eigenvalue weighted by atomic mass is 9.95. The van der Waals surface area contributed by atoms with Crippen molar-refractivity contribution in [1.82, 2.24) is 89.6 Å². The first-order valence-electron chi connectivity index (χ1n) is 31.1. The number of halogens is 2. The molecule has 1 aliphatic heterocycles. The van der Waals surface area contributed by atoms with Crippen LogP contribution in [0.3, 0.4) is 0 Å². The lowest BCUT2D eigenvalue weighted by Gasteiger charge is -2.31. The number of rotatable bonds is 14. The van der Waals surface area contributed by atoms with Crippen molar-refractivity contribution in [3.63, 3.8) is 0 Å². The van der Waals surface area contributed by atoms with E-state index in [1.807, 2.05) is 18.2 Å². The van der Waals surface area contributed by atoms with Crippen LogP contribution in [0.5, 0.6) is 17.2 Å². The number of anilines is 4. The number of ether oxygens (including phenoxy) is 3. The fourth-order valence-electron chi connectivity index (χ4n) is 9.13. The Morgan fingerprint density at radius 2 is 0.798 bits per heavy atom. The smallest absolute Gasteiger partial charge is 0.410 e. The topological polar surface area (TPSA) is 427 Å². The molecule has 1 fully saturated rings. The summed E-state index contributed by atoms with van der Waals surface area (Å²) in [4.78, 5) is 144. The molecule has 1 aliphatic rings. The number of piperidine rings is 1. The maximum atomic E-state index is 12.8. The Morgan fingerprint density at radius 1 is 0.442 bits per heavy atom. The third kappa shape index (κ3) is 21.7. The Bertz CT molecular complexity index is 4960. The highest BCUT2D eigenvalue weighted by atomic mass is 35.5. The fraction of sp³-hybridized carbons (Fsp3) is 0.130. The monoisotopic (exact) mass is 1420 g/mol. The zero-order valence-corrected chi connectivity index (χ0v) is 56.0. The fourth-order valence-corrected chi connectivity index (χ4v) is 9.30. The molecule has 13 rings (SSSR count). The summed E-state index contributed by atoms with van der Waals surface area (Å²) in [6, 6.07) is 43.5. The molecule has 522 valence electrons. The van der Waals surface area contributed by atoms with Crippen LogP contribution in [0.25, 0.3) is 46.1 Å². The van der Waals surface area contributed by atoms with Crippen LogP contribution in [-0.4, -0.2) is 138 Å². The molecule has 0 bridgehead atoms. The van der Waals surface area contributed by atoms with Crippen LogP contribution in [-0.2, 0) is 4.79 Å². The highest BCUT2D eigenvalue weighted by Crippen LogP contribution is 2.26. The second-order valence-electron chi connectivity index (χ2n) is 21.4. The third-order valence-corrected chi connectivity index (χ3v) is 14.1. The molecule has 9 aromatic heterocycles. The van der Waals surface area contributed by atoms with Gasteiger partial charge in [-0.3, -0.25) is 65.9 Å². The second kappa shape index (κ2) is 35.5. The van der Waals surface area contributed by atoms with E-state index in [9.17, 15) is 38.5 Å². The van der Waals surface area contributed by atoms with E-state index in [2.05, 4.69) is 106 Å². The predicted octanol–water partition coefficient (Wildman–Crippen LogP) is 11.4. The molecule has 33 nitrogen and oxygen atoms in total. The van der Waals surface area contributed by atoms with Gasteiger partial charge in [-0.1, -0.05) is 54.1 Å². The number of para-hydroxylation sites is 1. The van der Waals surface area contributed by atoms with Crippen molar-refractivity contribution in [1.29, 1.82) is 0 Å². The summed E-state index contributed by atoms with van der Waals surface area (Å²) >= 11 is 5.95. The largest absolute Gasteiger partial charge is 0.419 e. The Balaban J connectivity index is 0.000000149. The lowest BCUT2D eigenvalue weighted by molar-refractivity contribution is -0.384. The Labute approximate surface area is 594 Å². The molecule has 0 atom stereocenters. The van der Waals surface area contributed by atoms with E-state index in [1.54, 1.807) is 161 Å². The van der Waals surface area contributed by atoms with Crippen LogP contribution in [0, 0.1) is 49.5 Å². The number of nitro benzene ring substituents is 1. The number of nitrogens with zero attached hydrogens (tertiary/aromatic N) is 19. The van der Waals surface area contributed by atoms with Gasteiger partial charge in [0.05, 0.1) is 9.95 Å². The molecule has 3 aromatic carbocycles. The number of carbonyl (C=O) groups excluding carboxylic acids is 5. The molecule has 0 unspecified atom stereocenters. The van der Waals surface area contributed by atoms with Crippen LogP contribution >= 0.6 is 11.6 Å². The van der Waals surface area contributed by atoms with Gasteiger partial charge in [0.2, 0.25) is 29.7 Å². The van der Waals surface area contributed by atoms with Gasteiger partial charge in [-0.2, -0.15) is 39.9 Å². The highest BCUT2D eigenvalue weighted by molar-refractivity contribution is 6.32. The normalized spacial score (nSPS) is 11.4. The van der Waals surface area contributed by atoms with Gasteiger partial charge in [-0.25, -0.2) is 38.7 Å². The Morgan fingerprint density at radius 3 is 1.16 bits per heavy atom. The zero-order chi connectivity index (χ0) is 73.3. The second-order valence-corrected chi connectivity index (χ2v) is 21.8. The summed E-state index contributed by atoms with van der Waals surface area (Å²) in [5.41, 5.74) is 2.59. The first kappa shape index (κ1) is 72.6. The highest BCUT2D eigenvalue weighted by Gasteiger charge is 2.29. The number of amides is 5. The molecule has 104 heavy (non-hydrogen) atoms. The lowest BCUT2D eigenvalue weighted by Crippen LogP contribution is -2.41. The average molecular weight is 1420 g/mol. The van der Waals surface area contributed by atoms with Gasteiger partial charge < -0.3 is 19.1 Å².